The zero-order valence-corrected chi connectivity index (χ0v) is 16.3. The third kappa shape index (κ3) is 5.58. The van der Waals surface area contributed by atoms with E-state index in [-0.39, 0.29) is 0 Å². The van der Waals surface area contributed by atoms with Gasteiger partial charge >= 0.3 is 0 Å². The lowest BCUT2D eigenvalue weighted by atomic mass is 9.78. The zero-order chi connectivity index (χ0) is 18.2. The number of rotatable bonds is 7. The van der Waals surface area contributed by atoms with E-state index in [1.807, 2.05) is 24.6 Å². The van der Waals surface area contributed by atoms with E-state index in [0.717, 1.165) is 23.5 Å². The summed E-state index contributed by atoms with van der Waals surface area (Å²) < 4.78 is 1.97. The van der Waals surface area contributed by atoms with Crippen molar-refractivity contribution in [3.8, 4) is 0 Å². The van der Waals surface area contributed by atoms with Crippen molar-refractivity contribution in [3.63, 3.8) is 0 Å². The summed E-state index contributed by atoms with van der Waals surface area (Å²) in [5.41, 5.74) is 0. The van der Waals surface area contributed by atoms with E-state index in [2.05, 4.69) is 41.3 Å². The Morgan fingerprint density at radius 1 is 1.32 bits per heavy atom. The van der Waals surface area contributed by atoms with E-state index in [0.29, 0.717) is 25.0 Å². The van der Waals surface area contributed by atoms with Gasteiger partial charge in [0.2, 0.25) is 0 Å². The molecule has 2 N–H and O–H groups in total. The fraction of sp³-hybridized carbons (Fsp3) is 0.737. The first-order chi connectivity index (χ1) is 12.0. The van der Waals surface area contributed by atoms with Crippen molar-refractivity contribution in [3.05, 3.63) is 24.3 Å². The van der Waals surface area contributed by atoms with Crippen LogP contribution in [0.15, 0.2) is 17.6 Å². The first-order valence-corrected chi connectivity index (χ1v) is 9.53. The molecule has 1 saturated carbocycles. The summed E-state index contributed by atoms with van der Waals surface area (Å²) in [5.74, 6) is 4.03. The van der Waals surface area contributed by atoms with Crippen molar-refractivity contribution in [2.75, 3.05) is 6.54 Å². The first kappa shape index (κ1) is 19.5. The van der Waals surface area contributed by atoms with Crippen LogP contribution in [-0.4, -0.2) is 33.3 Å². The van der Waals surface area contributed by atoms with Gasteiger partial charge in [-0.1, -0.05) is 45.1 Å². The molecule has 2 atom stereocenters. The van der Waals surface area contributed by atoms with Gasteiger partial charge in [0.1, 0.15) is 12.4 Å². The largest absolute Gasteiger partial charge is 0.354 e. The lowest BCUT2D eigenvalue weighted by Gasteiger charge is -2.32. The minimum atomic E-state index is 0.375. The minimum Gasteiger partial charge on any atom is -0.354 e. The molecule has 0 spiro atoms. The minimum absolute atomic E-state index is 0.375. The van der Waals surface area contributed by atoms with Crippen molar-refractivity contribution >= 4 is 5.96 Å². The highest BCUT2D eigenvalue weighted by Gasteiger charge is 2.25. The lowest BCUT2D eigenvalue weighted by Crippen LogP contribution is -2.46. The Hall–Kier alpha value is -1.85. The second-order valence-corrected chi connectivity index (χ2v) is 7.25. The van der Waals surface area contributed by atoms with Gasteiger partial charge in [0.05, 0.1) is 0 Å². The molecule has 1 aromatic rings. The lowest BCUT2D eigenvalue weighted by molar-refractivity contribution is 0.229. The van der Waals surface area contributed by atoms with Gasteiger partial charge < -0.3 is 15.2 Å². The smallest absolute Gasteiger partial charge is 0.192 e. The monoisotopic (exact) mass is 346 g/mol. The van der Waals surface area contributed by atoms with Crippen LogP contribution in [0.4, 0.5) is 0 Å². The predicted octanol–water partition coefficient (Wildman–Crippen LogP) is 2.95. The van der Waals surface area contributed by atoms with Gasteiger partial charge in [-0.3, -0.25) is 0 Å². The molecule has 6 nitrogen and oxygen atoms in total. The van der Waals surface area contributed by atoms with Gasteiger partial charge in [0, 0.05) is 19.6 Å². The summed E-state index contributed by atoms with van der Waals surface area (Å²) in [4.78, 5) is 4.70. The molecular formula is C19H34N6. The molecule has 1 aliphatic carbocycles. The van der Waals surface area contributed by atoms with Crippen LogP contribution < -0.4 is 10.6 Å². The maximum atomic E-state index is 4.70. The third-order valence-corrected chi connectivity index (χ3v) is 5.52. The molecule has 1 aromatic heterocycles. The standard InChI is InChI=1S/C19H34N6/c1-6-12-20-19(21-13-18-24-23-16(4)25(18)5)22-15(3)14(2)17-10-8-7-9-11-17/h6,14-15,17H,1,7-13H2,2-5H3,(H2,20,21,22). The van der Waals surface area contributed by atoms with Crippen LogP contribution in [0, 0.1) is 18.8 Å². The van der Waals surface area contributed by atoms with E-state index in [1.165, 1.54) is 32.1 Å². The molecule has 6 heteroatoms. The van der Waals surface area contributed by atoms with Crippen LogP contribution in [0.25, 0.3) is 0 Å². The van der Waals surface area contributed by atoms with Crippen LogP contribution in [0.5, 0.6) is 0 Å². The Bertz CT molecular complexity index is 570. The van der Waals surface area contributed by atoms with Gasteiger partial charge in [-0.05, 0) is 25.7 Å². The van der Waals surface area contributed by atoms with Crippen molar-refractivity contribution < 1.29 is 0 Å². The molecule has 0 amide bonds. The summed E-state index contributed by atoms with van der Waals surface area (Å²) in [5, 5.41) is 15.2. The molecule has 0 saturated heterocycles. The molecule has 0 aromatic carbocycles. The highest BCUT2D eigenvalue weighted by molar-refractivity contribution is 5.80. The average molecular weight is 347 g/mol. The number of nitrogens with one attached hydrogen (secondary N) is 2. The van der Waals surface area contributed by atoms with Crippen molar-refractivity contribution in [2.45, 2.75) is 65.5 Å². The highest BCUT2D eigenvalue weighted by Crippen LogP contribution is 2.31. The maximum Gasteiger partial charge on any atom is 0.192 e. The van der Waals surface area contributed by atoms with Gasteiger partial charge in [-0.25, -0.2) is 4.99 Å². The van der Waals surface area contributed by atoms with E-state index in [4.69, 9.17) is 4.99 Å². The topological polar surface area (TPSA) is 67.1 Å². The van der Waals surface area contributed by atoms with Crippen LogP contribution in [0.2, 0.25) is 0 Å². The quantitative estimate of drug-likeness (QED) is 0.452. The third-order valence-electron chi connectivity index (χ3n) is 5.52. The van der Waals surface area contributed by atoms with Gasteiger partial charge in [-0.2, -0.15) is 0 Å². The fourth-order valence-corrected chi connectivity index (χ4v) is 3.48. The number of hydrogen-bond donors (Lipinski definition) is 2. The number of aromatic nitrogens is 3. The number of aliphatic imine (C=N–C) groups is 1. The molecule has 0 radical (unpaired) electrons. The van der Waals surface area contributed by atoms with Gasteiger partial charge in [-0.15, -0.1) is 16.8 Å². The Morgan fingerprint density at radius 2 is 2.04 bits per heavy atom. The van der Waals surface area contributed by atoms with E-state index in [9.17, 15) is 0 Å². The maximum absolute atomic E-state index is 4.70. The SMILES string of the molecule is C=CCNC(=NCc1nnc(C)n1C)NC(C)C(C)C1CCCCC1. The molecule has 140 valence electrons. The summed E-state index contributed by atoms with van der Waals surface area (Å²) in [6, 6.07) is 0.375. The van der Waals surface area contributed by atoms with Crippen LogP contribution in [0.3, 0.4) is 0 Å². The summed E-state index contributed by atoms with van der Waals surface area (Å²) in [6.07, 6.45) is 8.72. The second kappa shape index (κ2) is 9.59. The highest BCUT2D eigenvalue weighted by atomic mass is 15.3. The molecule has 25 heavy (non-hydrogen) atoms. The van der Waals surface area contributed by atoms with E-state index >= 15 is 0 Å². The Kier molecular flexibility index (Phi) is 7.47. The van der Waals surface area contributed by atoms with Crippen molar-refractivity contribution in [2.24, 2.45) is 23.9 Å². The van der Waals surface area contributed by atoms with E-state index < -0.39 is 0 Å². The van der Waals surface area contributed by atoms with Gasteiger partial charge in [0.25, 0.3) is 0 Å². The van der Waals surface area contributed by atoms with Crippen molar-refractivity contribution in [1.82, 2.24) is 25.4 Å². The molecule has 2 unspecified atom stereocenters. The number of hydrogen-bond acceptors (Lipinski definition) is 3. The molecule has 1 fully saturated rings. The fourth-order valence-electron chi connectivity index (χ4n) is 3.48. The number of nitrogens with zero attached hydrogens (tertiary/aromatic N) is 4. The summed E-state index contributed by atoms with van der Waals surface area (Å²) in [6.45, 7) is 11.6. The molecule has 0 aliphatic heterocycles. The molecule has 1 heterocycles. The predicted molar refractivity (Wildman–Crippen MR) is 103 cm³/mol. The van der Waals surface area contributed by atoms with Gasteiger partial charge in [0.15, 0.2) is 11.8 Å². The van der Waals surface area contributed by atoms with Crippen molar-refractivity contribution in [1.29, 1.82) is 0 Å². The zero-order valence-electron chi connectivity index (χ0n) is 16.3. The summed E-state index contributed by atoms with van der Waals surface area (Å²) >= 11 is 0. The van der Waals surface area contributed by atoms with Crippen LogP contribution in [-0.2, 0) is 13.6 Å². The second-order valence-electron chi connectivity index (χ2n) is 7.25. The summed E-state index contributed by atoms with van der Waals surface area (Å²) in [7, 11) is 1.97. The van der Waals surface area contributed by atoms with E-state index in [1.54, 1.807) is 0 Å². The Morgan fingerprint density at radius 3 is 2.64 bits per heavy atom. The molecule has 1 aliphatic rings. The van der Waals surface area contributed by atoms with Crippen LogP contribution in [0.1, 0.15) is 57.6 Å². The molecular weight excluding hydrogens is 312 g/mol. The Labute approximate surface area is 152 Å². The molecule has 2 rings (SSSR count). The first-order valence-electron chi connectivity index (χ1n) is 9.53. The molecule has 0 bridgehead atoms. The number of aryl methyl sites for hydroxylation is 1. The average Bonchev–Trinajstić information content (AvgIpc) is 2.95. The van der Waals surface area contributed by atoms with Crippen LogP contribution >= 0.6 is 0 Å². The number of guanidine groups is 1. The normalized spacial score (nSPS) is 18.6. The Balaban J connectivity index is 1.98.